The van der Waals surface area contributed by atoms with Crippen LogP contribution in [0.5, 0.6) is 11.5 Å². The molecule has 2 aromatic heterocycles. The normalized spacial score (nSPS) is 14.5. The van der Waals surface area contributed by atoms with Crippen molar-refractivity contribution in [1.29, 1.82) is 0 Å². The van der Waals surface area contributed by atoms with Gasteiger partial charge >= 0.3 is 0 Å². The number of aromatic nitrogens is 4. The first kappa shape index (κ1) is 20.5. The van der Waals surface area contributed by atoms with Gasteiger partial charge in [0.25, 0.3) is 0 Å². The van der Waals surface area contributed by atoms with E-state index in [2.05, 4.69) is 34.2 Å². The van der Waals surface area contributed by atoms with E-state index in [9.17, 15) is 4.79 Å². The van der Waals surface area contributed by atoms with Crippen molar-refractivity contribution in [2.45, 2.75) is 31.3 Å². The lowest BCUT2D eigenvalue weighted by molar-refractivity contribution is -0.119. The third-order valence-electron chi connectivity index (χ3n) is 4.95. The molecule has 9 heteroatoms. The zero-order valence-electron chi connectivity index (χ0n) is 17.3. The van der Waals surface area contributed by atoms with Crippen molar-refractivity contribution >= 4 is 28.7 Å². The number of hydrogen-bond donors (Lipinski definition) is 1. The lowest BCUT2D eigenvalue weighted by Crippen LogP contribution is -2.33. The number of aryl methyl sites for hydroxylation is 1. The molecule has 0 unspecified atom stereocenters. The smallest absolute Gasteiger partial charge is 0.230 e. The second-order valence-electron chi connectivity index (χ2n) is 7.52. The average molecular weight is 428 g/mol. The topological polar surface area (TPSA) is 91.2 Å². The molecular formula is C21H25N5O3S. The van der Waals surface area contributed by atoms with Gasteiger partial charge in [0.1, 0.15) is 11.4 Å². The maximum atomic E-state index is 12.7. The Labute approximate surface area is 179 Å². The van der Waals surface area contributed by atoms with Crippen molar-refractivity contribution < 1.29 is 14.3 Å². The minimum atomic E-state index is -0.126. The average Bonchev–Trinajstić information content (AvgIpc) is 2.97. The number of nitrogens with zero attached hydrogens (tertiary/aromatic N) is 4. The summed E-state index contributed by atoms with van der Waals surface area (Å²) < 4.78 is 13.2. The number of hydrogen-bond acceptors (Lipinski definition) is 7. The van der Waals surface area contributed by atoms with Crippen LogP contribution in [-0.4, -0.2) is 44.6 Å². The fourth-order valence-corrected chi connectivity index (χ4v) is 4.19. The summed E-state index contributed by atoms with van der Waals surface area (Å²) in [6.45, 7) is 5.46. The van der Waals surface area contributed by atoms with E-state index in [0.29, 0.717) is 13.2 Å². The lowest BCUT2D eigenvalue weighted by atomic mass is 9.95. The Morgan fingerprint density at radius 1 is 1.23 bits per heavy atom. The monoisotopic (exact) mass is 427 g/mol. The summed E-state index contributed by atoms with van der Waals surface area (Å²) in [6, 6.07) is 5.77. The van der Waals surface area contributed by atoms with Gasteiger partial charge < -0.3 is 14.8 Å². The maximum absolute atomic E-state index is 12.7. The Bertz CT molecular complexity index is 1050. The van der Waals surface area contributed by atoms with Crippen molar-refractivity contribution in [3.05, 3.63) is 36.3 Å². The SMILES string of the molecule is CC(C)[C@@H](NC(=O)CSc1ncnc2c1cnn2C)c1ccc2c(c1)OCCCO2. The van der Waals surface area contributed by atoms with Crippen LogP contribution < -0.4 is 14.8 Å². The molecule has 0 spiro atoms. The summed E-state index contributed by atoms with van der Waals surface area (Å²) in [7, 11) is 1.83. The molecule has 3 aromatic rings. The van der Waals surface area contributed by atoms with Gasteiger partial charge in [-0.2, -0.15) is 5.10 Å². The highest BCUT2D eigenvalue weighted by Gasteiger charge is 2.21. The predicted octanol–water partition coefficient (Wildman–Crippen LogP) is 3.13. The van der Waals surface area contributed by atoms with E-state index in [1.165, 1.54) is 18.1 Å². The molecule has 0 saturated carbocycles. The molecule has 1 aliphatic rings. The molecule has 0 saturated heterocycles. The maximum Gasteiger partial charge on any atom is 0.230 e. The van der Waals surface area contributed by atoms with Gasteiger partial charge in [0.05, 0.1) is 36.6 Å². The van der Waals surface area contributed by atoms with Crippen molar-refractivity contribution in [2.75, 3.05) is 19.0 Å². The Morgan fingerprint density at radius 2 is 2.03 bits per heavy atom. The van der Waals surface area contributed by atoms with Crippen molar-refractivity contribution in [3.63, 3.8) is 0 Å². The molecule has 0 fully saturated rings. The zero-order chi connectivity index (χ0) is 21.1. The Balaban J connectivity index is 1.45. The van der Waals surface area contributed by atoms with E-state index in [-0.39, 0.29) is 23.6 Å². The molecule has 1 amide bonds. The molecule has 0 bridgehead atoms. The summed E-state index contributed by atoms with van der Waals surface area (Å²) in [5.41, 5.74) is 1.75. The number of ether oxygens (including phenoxy) is 2. The second-order valence-corrected chi connectivity index (χ2v) is 8.48. The van der Waals surface area contributed by atoms with Gasteiger partial charge in [-0.05, 0) is 23.6 Å². The first-order valence-electron chi connectivity index (χ1n) is 9.97. The van der Waals surface area contributed by atoms with Crippen LogP contribution in [0, 0.1) is 5.92 Å². The first-order chi connectivity index (χ1) is 14.5. The van der Waals surface area contributed by atoms with Crippen molar-refractivity contribution in [2.24, 2.45) is 13.0 Å². The Morgan fingerprint density at radius 3 is 2.83 bits per heavy atom. The van der Waals surface area contributed by atoms with E-state index in [1.807, 2.05) is 25.2 Å². The van der Waals surface area contributed by atoms with E-state index in [1.54, 1.807) is 10.9 Å². The number of rotatable bonds is 6. The molecule has 1 atom stereocenters. The number of amides is 1. The van der Waals surface area contributed by atoms with Crippen LogP contribution >= 0.6 is 11.8 Å². The molecule has 158 valence electrons. The van der Waals surface area contributed by atoms with E-state index >= 15 is 0 Å². The molecular weight excluding hydrogens is 402 g/mol. The Hall–Kier alpha value is -2.81. The summed E-state index contributed by atoms with van der Waals surface area (Å²) in [6.07, 6.45) is 4.09. The summed E-state index contributed by atoms with van der Waals surface area (Å²) in [5.74, 6) is 1.91. The molecule has 3 heterocycles. The van der Waals surface area contributed by atoms with Gasteiger partial charge in [0.15, 0.2) is 17.1 Å². The third-order valence-corrected chi connectivity index (χ3v) is 5.95. The van der Waals surface area contributed by atoms with Gasteiger partial charge in [-0.25, -0.2) is 9.97 Å². The van der Waals surface area contributed by atoms with E-state index < -0.39 is 0 Å². The largest absolute Gasteiger partial charge is 0.490 e. The van der Waals surface area contributed by atoms with Crippen LogP contribution in [0.2, 0.25) is 0 Å². The molecule has 4 rings (SSSR count). The standard InChI is InChI=1S/C21H25N5O3S/c1-13(2)19(14-5-6-16-17(9-14)29-8-4-7-28-16)25-18(27)11-30-21-15-10-24-26(3)20(15)22-12-23-21/h5-6,9-10,12-13,19H,4,7-8,11H2,1-3H3,(H,25,27)/t19-/m1/s1. The molecule has 0 aliphatic carbocycles. The van der Waals surface area contributed by atoms with E-state index in [4.69, 9.17) is 9.47 Å². The molecule has 1 N–H and O–H groups in total. The minimum absolute atomic E-state index is 0.0542. The highest BCUT2D eigenvalue weighted by atomic mass is 32.2. The summed E-state index contributed by atoms with van der Waals surface area (Å²) >= 11 is 1.38. The van der Waals surface area contributed by atoms with Crippen LogP contribution in [0.3, 0.4) is 0 Å². The summed E-state index contributed by atoms with van der Waals surface area (Å²) in [5, 5.41) is 8.97. The second kappa shape index (κ2) is 8.91. The zero-order valence-corrected chi connectivity index (χ0v) is 18.1. The lowest BCUT2D eigenvalue weighted by Gasteiger charge is -2.24. The highest BCUT2D eigenvalue weighted by molar-refractivity contribution is 8.00. The molecule has 0 radical (unpaired) electrons. The molecule has 30 heavy (non-hydrogen) atoms. The number of thioether (sulfide) groups is 1. The van der Waals surface area contributed by atoms with Gasteiger partial charge in [0, 0.05) is 13.5 Å². The molecule has 1 aromatic carbocycles. The fourth-order valence-electron chi connectivity index (χ4n) is 3.41. The quantitative estimate of drug-likeness (QED) is 0.477. The van der Waals surface area contributed by atoms with Gasteiger partial charge in [-0.15, -0.1) is 0 Å². The first-order valence-corrected chi connectivity index (χ1v) is 11.0. The van der Waals surface area contributed by atoms with E-state index in [0.717, 1.165) is 39.5 Å². The summed E-state index contributed by atoms with van der Waals surface area (Å²) in [4.78, 5) is 21.3. The van der Waals surface area contributed by atoms with Crippen LogP contribution in [0.1, 0.15) is 31.9 Å². The predicted molar refractivity (Wildman–Crippen MR) is 115 cm³/mol. The van der Waals surface area contributed by atoms with Crippen LogP contribution in [0.4, 0.5) is 0 Å². The number of carbonyl (C=O) groups excluding carboxylic acids is 1. The van der Waals surface area contributed by atoms with Crippen LogP contribution in [0.25, 0.3) is 11.0 Å². The number of nitrogens with one attached hydrogen (secondary N) is 1. The van der Waals surface area contributed by atoms with Gasteiger partial charge in [0.2, 0.25) is 5.91 Å². The van der Waals surface area contributed by atoms with Crippen LogP contribution in [-0.2, 0) is 11.8 Å². The number of carbonyl (C=O) groups is 1. The minimum Gasteiger partial charge on any atom is -0.490 e. The highest BCUT2D eigenvalue weighted by Crippen LogP contribution is 2.34. The Kier molecular flexibility index (Phi) is 6.08. The third kappa shape index (κ3) is 4.35. The molecule has 1 aliphatic heterocycles. The van der Waals surface area contributed by atoms with Crippen LogP contribution in [0.15, 0.2) is 35.7 Å². The number of benzene rings is 1. The molecule has 8 nitrogen and oxygen atoms in total. The van der Waals surface area contributed by atoms with Crippen molar-refractivity contribution in [1.82, 2.24) is 25.1 Å². The number of fused-ring (bicyclic) bond motifs is 2. The van der Waals surface area contributed by atoms with Gasteiger partial charge in [-0.1, -0.05) is 31.7 Å². The van der Waals surface area contributed by atoms with Crippen molar-refractivity contribution in [3.8, 4) is 11.5 Å². The van der Waals surface area contributed by atoms with Gasteiger partial charge in [-0.3, -0.25) is 9.48 Å². The fraction of sp³-hybridized carbons (Fsp3) is 0.429.